The lowest BCUT2D eigenvalue weighted by atomic mass is 10.6. The van der Waals surface area contributed by atoms with Crippen LogP contribution in [0.4, 0.5) is 0 Å². The summed E-state index contributed by atoms with van der Waals surface area (Å²) in [5, 5.41) is 18.4. The van der Waals surface area contributed by atoms with Gasteiger partial charge in [-0.15, -0.1) is 0 Å². The molecule has 1 heterocycles. The standard InChI is InChI=1S/C4H5NO2/c6-4-1-2-5(7)3-4/h1-3,5-6H. The van der Waals surface area contributed by atoms with Crippen LogP contribution in [0, 0.1) is 5.21 Å². The first-order chi connectivity index (χ1) is 3.29. The van der Waals surface area contributed by atoms with Crippen molar-refractivity contribution < 1.29 is 10.2 Å². The van der Waals surface area contributed by atoms with Gasteiger partial charge in [-0.25, -0.2) is 0 Å². The molecule has 7 heavy (non-hydrogen) atoms. The summed E-state index contributed by atoms with van der Waals surface area (Å²) in [5.74, 6) is 0.0463. The van der Waals surface area contributed by atoms with Gasteiger partial charge in [0.25, 0.3) is 0 Å². The Kier molecular flexibility index (Phi) is 0.850. The van der Waals surface area contributed by atoms with Crippen LogP contribution in [-0.4, -0.2) is 5.11 Å². The van der Waals surface area contributed by atoms with Gasteiger partial charge in [0, 0.05) is 6.08 Å². The van der Waals surface area contributed by atoms with E-state index in [0.29, 0.717) is 0 Å². The summed E-state index contributed by atoms with van der Waals surface area (Å²) in [7, 11) is 0. The van der Waals surface area contributed by atoms with Crippen LogP contribution in [0.3, 0.4) is 0 Å². The smallest absolute Gasteiger partial charge is 0.175 e. The highest BCUT2D eigenvalue weighted by atomic mass is 16.5. The highest BCUT2D eigenvalue weighted by molar-refractivity contribution is 5.08. The lowest BCUT2D eigenvalue weighted by Crippen LogP contribution is -2.95. The average Bonchev–Trinajstić information content (AvgIpc) is 1.87. The Labute approximate surface area is 40.8 Å². The largest absolute Gasteiger partial charge is 0.624 e. The van der Waals surface area contributed by atoms with Crippen molar-refractivity contribution in [3.63, 3.8) is 0 Å². The molecule has 3 heteroatoms. The molecule has 0 bridgehead atoms. The Hall–Kier alpha value is -0.800. The zero-order chi connectivity index (χ0) is 5.28. The third-order valence-corrected chi connectivity index (χ3v) is 0.709. The molecule has 38 valence electrons. The van der Waals surface area contributed by atoms with E-state index in [-0.39, 0.29) is 10.8 Å². The summed E-state index contributed by atoms with van der Waals surface area (Å²) >= 11 is 0. The maximum absolute atomic E-state index is 10.1. The number of aliphatic hydroxyl groups is 1. The van der Waals surface area contributed by atoms with Gasteiger partial charge in [-0.3, -0.25) is 0 Å². The molecule has 0 saturated heterocycles. The molecule has 0 fully saturated rings. The van der Waals surface area contributed by atoms with Gasteiger partial charge in [0.2, 0.25) is 0 Å². The van der Waals surface area contributed by atoms with E-state index in [0.717, 1.165) is 0 Å². The van der Waals surface area contributed by atoms with Crippen molar-refractivity contribution in [1.29, 1.82) is 0 Å². The Bertz CT molecular complexity index is 128. The third kappa shape index (κ3) is 0.792. The number of allylic oxidation sites excluding steroid dienone is 1. The quantitative estimate of drug-likeness (QED) is 0.394. The van der Waals surface area contributed by atoms with Crippen molar-refractivity contribution in [2.24, 2.45) is 0 Å². The van der Waals surface area contributed by atoms with E-state index in [1.54, 1.807) is 0 Å². The molecule has 0 aliphatic carbocycles. The first-order valence-electron chi connectivity index (χ1n) is 1.92. The molecular weight excluding hydrogens is 94.0 g/mol. The molecule has 1 rings (SSSR count). The fourth-order valence-corrected chi connectivity index (χ4v) is 0.409. The summed E-state index contributed by atoms with van der Waals surface area (Å²) < 4.78 is 0. The van der Waals surface area contributed by atoms with E-state index in [2.05, 4.69) is 0 Å². The van der Waals surface area contributed by atoms with Crippen molar-refractivity contribution in [1.82, 2.24) is 0 Å². The number of aliphatic hydroxyl groups excluding tert-OH is 1. The molecule has 0 aromatic carbocycles. The molecule has 2 N–H and O–H groups in total. The molecule has 1 aliphatic rings. The minimum Gasteiger partial charge on any atom is -0.624 e. The molecule has 0 radical (unpaired) electrons. The summed E-state index contributed by atoms with van der Waals surface area (Å²) in [6, 6.07) is 0. The van der Waals surface area contributed by atoms with Crippen LogP contribution in [0.5, 0.6) is 0 Å². The lowest BCUT2D eigenvalue weighted by Gasteiger charge is -2.04. The minimum atomic E-state index is -0.141. The van der Waals surface area contributed by atoms with Gasteiger partial charge >= 0.3 is 0 Å². The minimum absolute atomic E-state index is 0.0463. The zero-order valence-electron chi connectivity index (χ0n) is 3.59. The number of quaternary nitrogens is 1. The first-order valence-corrected chi connectivity index (χ1v) is 1.92. The molecule has 1 unspecified atom stereocenters. The van der Waals surface area contributed by atoms with Crippen LogP contribution < -0.4 is 5.06 Å². The van der Waals surface area contributed by atoms with Crippen molar-refractivity contribution in [3.8, 4) is 0 Å². The topological polar surface area (TPSA) is 47.7 Å². The van der Waals surface area contributed by atoms with Gasteiger partial charge in [0.05, 0.1) is 0 Å². The summed E-state index contributed by atoms with van der Waals surface area (Å²) in [4.78, 5) is 0. The molecule has 0 spiro atoms. The molecule has 0 aromatic heterocycles. The molecule has 0 aromatic rings. The Morgan fingerprint density at radius 1 is 1.71 bits per heavy atom. The van der Waals surface area contributed by atoms with Crippen LogP contribution in [0.2, 0.25) is 0 Å². The lowest BCUT2D eigenvalue weighted by molar-refractivity contribution is -0.727. The number of rotatable bonds is 0. The predicted molar refractivity (Wildman–Crippen MR) is 24.2 cm³/mol. The van der Waals surface area contributed by atoms with Crippen LogP contribution >= 0.6 is 0 Å². The van der Waals surface area contributed by atoms with Gasteiger partial charge in [-0.05, 0) is 0 Å². The van der Waals surface area contributed by atoms with Crippen molar-refractivity contribution in [2.75, 3.05) is 0 Å². The van der Waals surface area contributed by atoms with Gasteiger partial charge in [0.1, 0.15) is 12.4 Å². The molecule has 1 atom stereocenters. The zero-order valence-corrected chi connectivity index (χ0v) is 3.59. The maximum Gasteiger partial charge on any atom is 0.175 e. The molecule has 3 nitrogen and oxygen atoms in total. The highest BCUT2D eigenvalue weighted by Gasteiger charge is 1.97. The van der Waals surface area contributed by atoms with Crippen molar-refractivity contribution >= 4 is 0 Å². The van der Waals surface area contributed by atoms with Crippen molar-refractivity contribution in [2.45, 2.75) is 0 Å². The Balaban J connectivity index is 2.69. The normalized spacial score (nSPS) is 28.1. The SMILES string of the molecule is [O-][NH+]1C=CC(O)=C1. The van der Waals surface area contributed by atoms with Gasteiger partial charge in [0.15, 0.2) is 5.76 Å². The van der Waals surface area contributed by atoms with Crippen LogP contribution in [0.1, 0.15) is 0 Å². The van der Waals surface area contributed by atoms with Crippen molar-refractivity contribution in [3.05, 3.63) is 29.4 Å². The van der Waals surface area contributed by atoms with Gasteiger partial charge in [-0.2, -0.15) is 0 Å². The summed E-state index contributed by atoms with van der Waals surface area (Å²) in [5.41, 5.74) is 0. The average molecular weight is 99.1 g/mol. The van der Waals surface area contributed by atoms with Crippen LogP contribution in [-0.2, 0) is 0 Å². The molecule has 0 saturated carbocycles. The van der Waals surface area contributed by atoms with E-state index < -0.39 is 0 Å². The Morgan fingerprint density at radius 3 is 2.57 bits per heavy atom. The first kappa shape index (κ1) is 4.36. The predicted octanol–water partition coefficient (Wildman–Crippen LogP) is -0.704. The van der Waals surface area contributed by atoms with E-state index >= 15 is 0 Å². The van der Waals surface area contributed by atoms with E-state index in [1.807, 2.05) is 0 Å². The second-order valence-electron chi connectivity index (χ2n) is 1.30. The van der Waals surface area contributed by atoms with Gasteiger partial charge in [-0.1, -0.05) is 0 Å². The monoisotopic (exact) mass is 99.0 g/mol. The van der Waals surface area contributed by atoms with Gasteiger partial charge < -0.3 is 15.4 Å². The molecule has 0 amide bonds. The number of nitrogens with one attached hydrogen (secondary N) is 1. The van der Waals surface area contributed by atoms with E-state index in [1.165, 1.54) is 18.5 Å². The summed E-state index contributed by atoms with van der Waals surface area (Å²) in [6.07, 6.45) is 3.84. The number of hydrogen-bond acceptors (Lipinski definition) is 2. The van der Waals surface area contributed by atoms with Crippen LogP contribution in [0.15, 0.2) is 24.2 Å². The van der Waals surface area contributed by atoms with E-state index in [4.69, 9.17) is 5.11 Å². The number of hydrogen-bond donors (Lipinski definition) is 2. The van der Waals surface area contributed by atoms with E-state index in [9.17, 15) is 5.21 Å². The molecular formula is C4H5NO2. The second kappa shape index (κ2) is 1.36. The second-order valence-corrected chi connectivity index (χ2v) is 1.30. The summed E-state index contributed by atoms with van der Waals surface area (Å²) in [6.45, 7) is 0. The Morgan fingerprint density at radius 2 is 2.43 bits per heavy atom. The fraction of sp³-hybridized carbons (Fsp3) is 0. The fourth-order valence-electron chi connectivity index (χ4n) is 0.409. The maximum atomic E-state index is 10.1. The molecule has 1 aliphatic heterocycles. The number of hydroxylamine groups is 2. The third-order valence-electron chi connectivity index (χ3n) is 0.709. The van der Waals surface area contributed by atoms with Crippen LogP contribution in [0.25, 0.3) is 0 Å². The highest BCUT2D eigenvalue weighted by Crippen LogP contribution is 1.87.